The number of nitrogens with one attached hydrogen (secondary N) is 1. The minimum atomic E-state index is -3.75. The molecule has 0 saturated carbocycles. The van der Waals surface area contributed by atoms with Gasteiger partial charge in [0, 0.05) is 0 Å². The van der Waals surface area contributed by atoms with Crippen molar-refractivity contribution < 1.29 is 28.5 Å². The van der Waals surface area contributed by atoms with Gasteiger partial charge in [-0.05, 0) is 6.42 Å². The molecule has 0 fully saturated rings. The van der Waals surface area contributed by atoms with Crippen LogP contribution in [0.2, 0.25) is 0 Å². The van der Waals surface area contributed by atoms with E-state index in [1.807, 2.05) is 4.72 Å². The first-order valence-corrected chi connectivity index (χ1v) is 6.17. The van der Waals surface area contributed by atoms with Crippen molar-refractivity contribution in [2.24, 2.45) is 5.73 Å². The first-order valence-electron chi connectivity index (χ1n) is 4.52. The predicted octanol–water partition coefficient (Wildman–Crippen LogP) is -2.94. The van der Waals surface area contributed by atoms with E-state index >= 15 is 0 Å². The third kappa shape index (κ3) is 5.98. The molecule has 0 aromatic carbocycles. The van der Waals surface area contributed by atoms with Crippen molar-refractivity contribution in [1.29, 1.82) is 0 Å². The Hall–Kier alpha value is -0.740. The number of aliphatic hydroxyl groups excluding tert-OH is 2. The molecule has 0 amide bonds. The van der Waals surface area contributed by atoms with Gasteiger partial charge in [-0.25, -0.2) is 13.1 Å². The molecule has 0 saturated heterocycles. The second-order valence-electron chi connectivity index (χ2n) is 3.23. The molecule has 0 radical (unpaired) electrons. The number of hydrogen-bond donors (Lipinski definition) is 5. The highest BCUT2D eigenvalue weighted by Gasteiger charge is 2.20. The lowest BCUT2D eigenvalue weighted by Gasteiger charge is -2.14. The third-order valence-corrected chi connectivity index (χ3v) is 3.27. The molecule has 0 unspecified atom stereocenters. The Bertz CT molecular complexity index is 313. The maximum atomic E-state index is 11.3. The molecule has 0 spiro atoms. The van der Waals surface area contributed by atoms with E-state index in [0.29, 0.717) is 0 Å². The van der Waals surface area contributed by atoms with Gasteiger partial charge in [0.25, 0.3) is 0 Å². The SMILES string of the molecule is N[C@@H](CCS(=O)(=O)NC(CO)CO)C(=O)O. The van der Waals surface area contributed by atoms with E-state index < -0.39 is 47.0 Å². The van der Waals surface area contributed by atoms with Crippen molar-refractivity contribution >= 4 is 16.0 Å². The zero-order chi connectivity index (χ0) is 12.8. The minimum absolute atomic E-state index is 0.242. The molecule has 9 heteroatoms. The van der Waals surface area contributed by atoms with Crippen molar-refractivity contribution in [3.8, 4) is 0 Å². The fourth-order valence-corrected chi connectivity index (χ4v) is 2.19. The van der Waals surface area contributed by atoms with Crippen molar-refractivity contribution in [3.63, 3.8) is 0 Å². The van der Waals surface area contributed by atoms with Gasteiger partial charge in [-0.2, -0.15) is 0 Å². The van der Waals surface area contributed by atoms with Crippen LogP contribution < -0.4 is 10.5 Å². The van der Waals surface area contributed by atoms with Gasteiger partial charge < -0.3 is 21.1 Å². The molecule has 0 rings (SSSR count). The molecule has 96 valence electrons. The summed E-state index contributed by atoms with van der Waals surface area (Å²) in [5, 5.41) is 25.7. The van der Waals surface area contributed by atoms with Crippen molar-refractivity contribution in [2.45, 2.75) is 18.5 Å². The van der Waals surface area contributed by atoms with Crippen LogP contribution in [-0.4, -0.2) is 60.8 Å². The number of nitrogens with two attached hydrogens (primary N) is 1. The van der Waals surface area contributed by atoms with Gasteiger partial charge in [0.2, 0.25) is 10.0 Å². The highest BCUT2D eigenvalue weighted by Crippen LogP contribution is 1.96. The van der Waals surface area contributed by atoms with Crippen LogP contribution in [-0.2, 0) is 14.8 Å². The maximum absolute atomic E-state index is 11.3. The van der Waals surface area contributed by atoms with Crippen LogP contribution in [0.15, 0.2) is 0 Å². The van der Waals surface area contributed by atoms with E-state index in [2.05, 4.69) is 0 Å². The fraction of sp³-hybridized carbons (Fsp3) is 0.857. The molecule has 0 aliphatic heterocycles. The monoisotopic (exact) mass is 256 g/mol. The summed E-state index contributed by atoms with van der Waals surface area (Å²) in [6.07, 6.45) is -0.242. The summed E-state index contributed by atoms with van der Waals surface area (Å²) in [6, 6.07) is -2.23. The Labute approximate surface area is 93.1 Å². The lowest BCUT2D eigenvalue weighted by Crippen LogP contribution is -2.42. The van der Waals surface area contributed by atoms with Gasteiger partial charge in [0.15, 0.2) is 0 Å². The zero-order valence-electron chi connectivity index (χ0n) is 8.54. The first kappa shape index (κ1) is 15.3. The van der Waals surface area contributed by atoms with E-state index in [0.717, 1.165) is 0 Å². The Kier molecular flexibility index (Phi) is 6.45. The molecule has 8 nitrogen and oxygen atoms in total. The average molecular weight is 256 g/mol. The number of rotatable bonds is 8. The second-order valence-corrected chi connectivity index (χ2v) is 5.11. The van der Waals surface area contributed by atoms with Gasteiger partial charge in [-0.15, -0.1) is 0 Å². The maximum Gasteiger partial charge on any atom is 0.320 e. The van der Waals surface area contributed by atoms with Gasteiger partial charge in [-0.3, -0.25) is 4.79 Å². The molecule has 0 aromatic rings. The largest absolute Gasteiger partial charge is 0.480 e. The Balaban J connectivity index is 4.20. The standard InChI is InChI=1S/C7H16N2O6S/c8-6(7(12)13)1-2-16(14,15)9-5(3-10)4-11/h5-6,9-11H,1-4,8H2,(H,12,13)/t6-/m0/s1. The molecule has 0 aliphatic rings. The third-order valence-electron chi connectivity index (χ3n) is 1.80. The second kappa shape index (κ2) is 6.76. The molecule has 0 aromatic heterocycles. The Morgan fingerprint density at radius 2 is 1.81 bits per heavy atom. The van der Waals surface area contributed by atoms with Crippen LogP contribution in [0.25, 0.3) is 0 Å². The number of carbonyl (C=O) groups is 1. The van der Waals surface area contributed by atoms with Crippen molar-refractivity contribution in [2.75, 3.05) is 19.0 Å². The van der Waals surface area contributed by atoms with E-state index in [4.69, 9.17) is 21.1 Å². The van der Waals surface area contributed by atoms with Crippen LogP contribution in [0.3, 0.4) is 0 Å². The van der Waals surface area contributed by atoms with Crippen LogP contribution in [0.4, 0.5) is 0 Å². The quantitative estimate of drug-likeness (QED) is 0.312. The van der Waals surface area contributed by atoms with Crippen molar-refractivity contribution in [3.05, 3.63) is 0 Å². The highest BCUT2D eigenvalue weighted by atomic mass is 32.2. The van der Waals surface area contributed by atoms with Crippen LogP contribution in [0, 0.1) is 0 Å². The topological polar surface area (TPSA) is 150 Å². The Morgan fingerprint density at radius 1 is 1.31 bits per heavy atom. The van der Waals surface area contributed by atoms with Gasteiger partial charge >= 0.3 is 5.97 Å². The number of carboxylic acids is 1. The predicted molar refractivity (Wildman–Crippen MR) is 55.1 cm³/mol. The van der Waals surface area contributed by atoms with Gasteiger partial charge in [-0.1, -0.05) is 0 Å². The smallest absolute Gasteiger partial charge is 0.320 e. The summed E-state index contributed by atoms with van der Waals surface area (Å²) >= 11 is 0. The Morgan fingerprint density at radius 3 is 2.19 bits per heavy atom. The van der Waals surface area contributed by atoms with E-state index in [9.17, 15) is 13.2 Å². The van der Waals surface area contributed by atoms with Crippen LogP contribution >= 0.6 is 0 Å². The van der Waals surface area contributed by atoms with Crippen LogP contribution in [0.5, 0.6) is 0 Å². The summed E-state index contributed by atoms with van der Waals surface area (Å²) in [4.78, 5) is 10.3. The van der Waals surface area contributed by atoms with Gasteiger partial charge in [0.05, 0.1) is 25.0 Å². The number of sulfonamides is 1. The summed E-state index contributed by atoms with van der Waals surface area (Å²) < 4.78 is 24.6. The van der Waals surface area contributed by atoms with Crippen molar-refractivity contribution in [1.82, 2.24) is 4.72 Å². The molecular weight excluding hydrogens is 240 g/mol. The zero-order valence-corrected chi connectivity index (χ0v) is 9.35. The highest BCUT2D eigenvalue weighted by molar-refractivity contribution is 7.89. The average Bonchev–Trinajstić information content (AvgIpc) is 2.22. The molecule has 0 bridgehead atoms. The minimum Gasteiger partial charge on any atom is -0.480 e. The van der Waals surface area contributed by atoms with E-state index in [1.165, 1.54) is 0 Å². The van der Waals surface area contributed by atoms with E-state index in [1.54, 1.807) is 0 Å². The molecule has 0 aliphatic carbocycles. The van der Waals surface area contributed by atoms with Gasteiger partial charge in [0.1, 0.15) is 6.04 Å². The van der Waals surface area contributed by atoms with Crippen LogP contribution in [0.1, 0.15) is 6.42 Å². The van der Waals surface area contributed by atoms with E-state index in [-0.39, 0.29) is 6.42 Å². The summed E-state index contributed by atoms with van der Waals surface area (Å²) in [5.74, 6) is -1.76. The molecule has 16 heavy (non-hydrogen) atoms. The number of aliphatic hydroxyl groups is 2. The normalized spacial score (nSPS) is 14.0. The summed E-state index contributed by atoms with van der Waals surface area (Å²) in [6.45, 7) is -1.08. The lowest BCUT2D eigenvalue weighted by atomic mass is 10.2. The summed E-state index contributed by atoms with van der Waals surface area (Å²) in [7, 11) is -3.75. The fourth-order valence-electron chi connectivity index (χ4n) is 0.851. The molecule has 0 heterocycles. The molecular formula is C7H16N2O6S. The lowest BCUT2D eigenvalue weighted by molar-refractivity contribution is -0.138. The molecule has 1 atom stereocenters. The number of aliphatic carboxylic acids is 1. The first-order chi connectivity index (χ1) is 7.32. The number of hydrogen-bond acceptors (Lipinski definition) is 6. The molecule has 6 N–H and O–H groups in total. The number of carboxylic acid groups (broad SMARTS) is 1. The summed E-state index contributed by atoms with van der Waals surface area (Å²) in [5.41, 5.74) is 5.13.